The fraction of sp³-hybridized carbons (Fsp3) is 0.286. The fourth-order valence-electron chi connectivity index (χ4n) is 1.89. The molecular formula is C14H13IO3. The molecule has 0 fully saturated rings. The van der Waals surface area contributed by atoms with Gasteiger partial charge in [0.1, 0.15) is 5.76 Å². The van der Waals surface area contributed by atoms with Gasteiger partial charge in [-0.3, -0.25) is 4.79 Å². The fourth-order valence-corrected chi connectivity index (χ4v) is 2.25. The molecule has 0 amide bonds. The highest BCUT2D eigenvalue weighted by Gasteiger charge is 2.20. The van der Waals surface area contributed by atoms with E-state index in [-0.39, 0.29) is 11.7 Å². The van der Waals surface area contributed by atoms with Crippen molar-refractivity contribution < 1.29 is 14.3 Å². The van der Waals surface area contributed by atoms with Gasteiger partial charge < -0.3 is 4.74 Å². The van der Waals surface area contributed by atoms with Crippen LogP contribution in [0.5, 0.6) is 0 Å². The monoisotopic (exact) mass is 356 g/mol. The van der Waals surface area contributed by atoms with Crippen LogP contribution in [0.1, 0.15) is 30.1 Å². The lowest BCUT2D eigenvalue weighted by Crippen LogP contribution is -2.15. The normalized spacial score (nSPS) is 19.3. The third kappa shape index (κ3) is 3.41. The van der Waals surface area contributed by atoms with Crippen LogP contribution in [0.15, 0.2) is 36.1 Å². The molecular weight excluding hydrogens is 343 g/mol. The van der Waals surface area contributed by atoms with Gasteiger partial charge in [0.25, 0.3) is 0 Å². The van der Waals surface area contributed by atoms with Gasteiger partial charge in [0, 0.05) is 22.5 Å². The number of ketones is 1. The second-order valence-electron chi connectivity index (χ2n) is 4.49. The molecule has 0 aromatic heterocycles. The van der Waals surface area contributed by atoms with E-state index in [1.807, 2.05) is 19.1 Å². The second-order valence-corrected chi connectivity index (χ2v) is 5.73. The zero-order valence-electron chi connectivity index (χ0n) is 9.98. The Labute approximate surface area is 119 Å². The highest BCUT2D eigenvalue weighted by Crippen LogP contribution is 2.23. The Kier molecular flexibility index (Phi) is 4.16. The van der Waals surface area contributed by atoms with Gasteiger partial charge in [-0.25, -0.2) is 4.79 Å². The molecule has 0 bridgehead atoms. The van der Waals surface area contributed by atoms with Crippen molar-refractivity contribution in [1.82, 2.24) is 0 Å². The van der Waals surface area contributed by atoms with Crippen molar-refractivity contribution in [3.63, 3.8) is 0 Å². The zero-order chi connectivity index (χ0) is 13.1. The number of allylic oxidation sites excluding steroid dienone is 2. The predicted octanol–water partition coefficient (Wildman–Crippen LogP) is 3.33. The summed E-state index contributed by atoms with van der Waals surface area (Å²) in [5.74, 6) is 0.336. The number of ether oxygens (including phenoxy) is 1. The Morgan fingerprint density at radius 3 is 2.56 bits per heavy atom. The summed E-state index contributed by atoms with van der Waals surface area (Å²) in [5, 5.41) is 0. The van der Waals surface area contributed by atoms with Crippen molar-refractivity contribution >= 4 is 34.3 Å². The zero-order valence-corrected chi connectivity index (χ0v) is 12.1. The van der Waals surface area contributed by atoms with Gasteiger partial charge >= 0.3 is 5.97 Å². The summed E-state index contributed by atoms with van der Waals surface area (Å²) in [4.78, 5) is 23.2. The number of carbonyl (C=O) groups is 2. The summed E-state index contributed by atoms with van der Waals surface area (Å²) in [5.41, 5.74) is 0.502. The minimum atomic E-state index is -0.403. The smallest absolute Gasteiger partial charge is 0.343 e. The van der Waals surface area contributed by atoms with Crippen LogP contribution in [0.3, 0.4) is 0 Å². The third-order valence-corrected chi connectivity index (χ3v) is 3.44. The van der Waals surface area contributed by atoms with Crippen molar-refractivity contribution in [2.75, 3.05) is 0 Å². The lowest BCUT2D eigenvalue weighted by Gasteiger charge is -2.17. The molecule has 0 N–H and O–H groups in total. The first kappa shape index (κ1) is 13.3. The average Bonchev–Trinajstić information content (AvgIpc) is 2.28. The summed E-state index contributed by atoms with van der Waals surface area (Å²) in [6.45, 7) is 1.98. The van der Waals surface area contributed by atoms with Crippen LogP contribution in [0.4, 0.5) is 0 Å². The first-order chi connectivity index (χ1) is 8.54. The summed E-state index contributed by atoms with van der Waals surface area (Å²) in [7, 11) is 0. The lowest BCUT2D eigenvalue weighted by atomic mass is 9.94. The van der Waals surface area contributed by atoms with Gasteiger partial charge in [0.05, 0.1) is 5.56 Å². The molecule has 1 aliphatic carbocycles. The first-order valence-electron chi connectivity index (χ1n) is 5.76. The van der Waals surface area contributed by atoms with Gasteiger partial charge in [-0.1, -0.05) is 6.92 Å². The van der Waals surface area contributed by atoms with Crippen molar-refractivity contribution in [3.05, 3.63) is 45.2 Å². The van der Waals surface area contributed by atoms with Crippen molar-refractivity contribution in [2.45, 2.75) is 19.8 Å². The number of benzene rings is 1. The van der Waals surface area contributed by atoms with Gasteiger partial charge in [-0.2, -0.15) is 0 Å². The minimum Gasteiger partial charge on any atom is -0.427 e. The maximum Gasteiger partial charge on any atom is 0.343 e. The largest absolute Gasteiger partial charge is 0.427 e. The molecule has 1 atom stereocenters. The number of carbonyl (C=O) groups excluding carboxylic acids is 2. The maximum atomic E-state index is 11.9. The van der Waals surface area contributed by atoms with Gasteiger partial charge in [0.2, 0.25) is 0 Å². The van der Waals surface area contributed by atoms with Gasteiger partial charge in [0.15, 0.2) is 5.78 Å². The minimum absolute atomic E-state index is 0.0270. The number of rotatable bonds is 2. The second kappa shape index (κ2) is 5.65. The molecule has 1 aromatic carbocycles. The molecule has 0 radical (unpaired) electrons. The Morgan fingerprint density at radius 1 is 1.28 bits per heavy atom. The molecule has 18 heavy (non-hydrogen) atoms. The predicted molar refractivity (Wildman–Crippen MR) is 76.1 cm³/mol. The summed E-state index contributed by atoms with van der Waals surface area (Å²) < 4.78 is 6.32. The van der Waals surface area contributed by atoms with E-state index >= 15 is 0 Å². The van der Waals surface area contributed by atoms with E-state index in [2.05, 4.69) is 22.6 Å². The molecule has 0 heterocycles. The van der Waals surface area contributed by atoms with E-state index in [1.54, 1.807) is 12.1 Å². The molecule has 4 heteroatoms. The van der Waals surface area contributed by atoms with Crippen LogP contribution in [-0.2, 0) is 9.53 Å². The summed E-state index contributed by atoms with van der Waals surface area (Å²) in [6.07, 6.45) is 2.61. The van der Waals surface area contributed by atoms with E-state index in [9.17, 15) is 9.59 Å². The van der Waals surface area contributed by atoms with Crippen molar-refractivity contribution in [1.29, 1.82) is 0 Å². The molecule has 1 aromatic rings. The molecule has 0 saturated heterocycles. The Balaban J connectivity index is 2.07. The Bertz CT molecular complexity index is 502. The standard InChI is InChI=1S/C14H13IO3/c1-9-6-12(16)8-13(7-9)18-14(17)10-2-4-11(15)5-3-10/h2-5,8-9H,6-7H2,1H3. The highest BCUT2D eigenvalue weighted by molar-refractivity contribution is 14.1. The molecule has 0 saturated carbocycles. The van der Waals surface area contributed by atoms with Gasteiger partial charge in [-0.15, -0.1) is 0 Å². The maximum absolute atomic E-state index is 11.9. The number of hydrogen-bond acceptors (Lipinski definition) is 3. The van der Waals surface area contributed by atoms with E-state index in [1.165, 1.54) is 6.08 Å². The van der Waals surface area contributed by atoms with Crippen LogP contribution in [-0.4, -0.2) is 11.8 Å². The average molecular weight is 356 g/mol. The van der Waals surface area contributed by atoms with Crippen LogP contribution in [0.25, 0.3) is 0 Å². The lowest BCUT2D eigenvalue weighted by molar-refractivity contribution is -0.116. The van der Waals surface area contributed by atoms with Crippen LogP contribution in [0.2, 0.25) is 0 Å². The summed E-state index contributed by atoms with van der Waals surface area (Å²) >= 11 is 2.17. The number of esters is 1. The van der Waals surface area contributed by atoms with E-state index in [0.29, 0.717) is 24.2 Å². The van der Waals surface area contributed by atoms with Crippen LogP contribution < -0.4 is 0 Å². The third-order valence-electron chi connectivity index (χ3n) is 2.72. The van der Waals surface area contributed by atoms with E-state index in [0.717, 1.165) is 3.57 Å². The van der Waals surface area contributed by atoms with Crippen LogP contribution >= 0.6 is 22.6 Å². The summed E-state index contributed by atoms with van der Waals surface area (Å²) in [6, 6.07) is 7.14. The number of halogens is 1. The SMILES string of the molecule is CC1CC(=O)C=C(OC(=O)c2ccc(I)cc2)C1. The van der Waals surface area contributed by atoms with Crippen molar-refractivity contribution in [2.24, 2.45) is 5.92 Å². The molecule has 3 nitrogen and oxygen atoms in total. The Morgan fingerprint density at radius 2 is 1.94 bits per heavy atom. The van der Waals surface area contributed by atoms with Crippen LogP contribution in [0, 0.1) is 9.49 Å². The Hall–Kier alpha value is -1.17. The molecule has 2 rings (SSSR count). The quantitative estimate of drug-likeness (QED) is 0.603. The van der Waals surface area contributed by atoms with Gasteiger partial charge in [-0.05, 0) is 52.8 Å². The topological polar surface area (TPSA) is 43.4 Å². The molecule has 1 unspecified atom stereocenters. The van der Waals surface area contributed by atoms with Crippen molar-refractivity contribution in [3.8, 4) is 0 Å². The highest BCUT2D eigenvalue weighted by atomic mass is 127. The molecule has 0 spiro atoms. The van der Waals surface area contributed by atoms with E-state index in [4.69, 9.17) is 4.74 Å². The molecule has 0 aliphatic heterocycles. The molecule has 94 valence electrons. The first-order valence-corrected chi connectivity index (χ1v) is 6.83. The molecule has 1 aliphatic rings. The van der Waals surface area contributed by atoms with E-state index < -0.39 is 5.97 Å². The number of hydrogen-bond donors (Lipinski definition) is 0.